The molecule has 4 heteroatoms. The van der Waals surface area contributed by atoms with Crippen molar-refractivity contribution < 1.29 is 9.59 Å². The molecule has 0 aromatic heterocycles. The van der Waals surface area contributed by atoms with Gasteiger partial charge in [0.1, 0.15) is 0 Å². The van der Waals surface area contributed by atoms with E-state index in [-0.39, 0.29) is 5.91 Å². The van der Waals surface area contributed by atoms with Gasteiger partial charge >= 0.3 is 0 Å². The largest absolute Gasteiger partial charge is 0.366 e. The molecule has 4 nitrogen and oxygen atoms in total. The van der Waals surface area contributed by atoms with Gasteiger partial charge in [-0.1, -0.05) is 12.6 Å². The van der Waals surface area contributed by atoms with Crippen molar-refractivity contribution in [1.29, 1.82) is 0 Å². The average Bonchev–Trinajstić information content (AvgIpc) is 2.18. The summed E-state index contributed by atoms with van der Waals surface area (Å²) in [6, 6.07) is 6.16. The summed E-state index contributed by atoms with van der Waals surface area (Å²) >= 11 is 0. The lowest BCUT2D eigenvalue weighted by Crippen LogP contribution is -2.18. The molecule has 3 N–H and O–H groups in total. The number of carbonyl (C=O) groups is 2. The first-order valence-corrected chi connectivity index (χ1v) is 3.97. The highest BCUT2D eigenvalue weighted by atomic mass is 16.2. The van der Waals surface area contributed by atoms with Crippen LogP contribution >= 0.6 is 0 Å². The Morgan fingerprint density at radius 2 is 2.00 bits per heavy atom. The highest BCUT2D eigenvalue weighted by Gasteiger charge is 2.06. The third kappa shape index (κ3) is 2.20. The third-order valence-corrected chi connectivity index (χ3v) is 1.64. The van der Waals surface area contributed by atoms with Gasteiger partial charge in [0.05, 0.1) is 0 Å². The minimum Gasteiger partial charge on any atom is -0.366 e. The van der Waals surface area contributed by atoms with Crippen LogP contribution in [0.1, 0.15) is 20.7 Å². The first-order chi connectivity index (χ1) is 6.65. The van der Waals surface area contributed by atoms with E-state index in [1.807, 2.05) is 0 Å². The number of amides is 2. The highest BCUT2D eigenvalue weighted by Crippen LogP contribution is 2.04. The van der Waals surface area contributed by atoms with Crippen LogP contribution < -0.4 is 11.1 Å². The predicted molar refractivity (Wildman–Crippen MR) is 52.6 cm³/mol. The summed E-state index contributed by atoms with van der Waals surface area (Å²) in [6.45, 7) is 3.36. The molecule has 1 rings (SSSR count). The monoisotopic (exact) mass is 190 g/mol. The van der Waals surface area contributed by atoms with Crippen LogP contribution in [0.25, 0.3) is 0 Å². The second-order valence-electron chi connectivity index (χ2n) is 2.62. The van der Waals surface area contributed by atoms with Crippen LogP contribution in [0.2, 0.25) is 0 Å². The van der Waals surface area contributed by atoms with Gasteiger partial charge in [-0.05, 0) is 24.4 Å². The van der Waals surface area contributed by atoms with E-state index in [2.05, 4.69) is 11.9 Å². The Morgan fingerprint density at radius 3 is 2.57 bits per heavy atom. The Labute approximate surface area is 81.4 Å². The van der Waals surface area contributed by atoms with E-state index in [0.717, 1.165) is 0 Å². The van der Waals surface area contributed by atoms with Crippen molar-refractivity contribution >= 4 is 11.8 Å². The first kappa shape index (κ1) is 9.98. The summed E-state index contributed by atoms with van der Waals surface area (Å²) in [6.07, 6.45) is 1.28. The van der Waals surface area contributed by atoms with Gasteiger partial charge in [0, 0.05) is 11.1 Å². The maximum absolute atomic E-state index is 11.3. The standard InChI is InChI=1S/C10H10N2O2/c1-2-12-10(14)8-5-3-4-7(6-8)9(11)13/h2-6H,1H2,(H2,11,13)(H,12,14). The van der Waals surface area contributed by atoms with Crippen LogP contribution in [-0.2, 0) is 0 Å². The average molecular weight is 190 g/mol. The fraction of sp³-hybridized carbons (Fsp3) is 0. The second-order valence-corrected chi connectivity index (χ2v) is 2.62. The van der Waals surface area contributed by atoms with Crippen molar-refractivity contribution in [2.24, 2.45) is 5.73 Å². The van der Waals surface area contributed by atoms with Crippen molar-refractivity contribution in [3.63, 3.8) is 0 Å². The number of benzene rings is 1. The third-order valence-electron chi connectivity index (χ3n) is 1.64. The van der Waals surface area contributed by atoms with E-state index in [1.54, 1.807) is 18.2 Å². The van der Waals surface area contributed by atoms with Gasteiger partial charge in [-0.15, -0.1) is 0 Å². The van der Waals surface area contributed by atoms with Gasteiger partial charge in [0.25, 0.3) is 5.91 Å². The number of carbonyl (C=O) groups excluding carboxylic acids is 2. The highest BCUT2D eigenvalue weighted by molar-refractivity contribution is 5.99. The lowest BCUT2D eigenvalue weighted by Gasteiger charge is -2.01. The summed E-state index contributed by atoms with van der Waals surface area (Å²) in [5.41, 5.74) is 5.75. The van der Waals surface area contributed by atoms with Gasteiger partial charge in [-0.25, -0.2) is 0 Å². The Balaban J connectivity index is 2.99. The smallest absolute Gasteiger partial charge is 0.255 e. The van der Waals surface area contributed by atoms with Gasteiger partial charge in [0.2, 0.25) is 5.91 Å². The molecule has 0 heterocycles. The molecular formula is C10H10N2O2. The molecule has 1 aromatic carbocycles. The molecule has 0 aliphatic carbocycles. The van der Waals surface area contributed by atoms with E-state index < -0.39 is 5.91 Å². The van der Waals surface area contributed by atoms with Gasteiger partial charge < -0.3 is 11.1 Å². The lowest BCUT2D eigenvalue weighted by molar-refractivity contribution is 0.0970. The molecule has 0 aliphatic heterocycles. The topological polar surface area (TPSA) is 72.2 Å². The van der Waals surface area contributed by atoms with Gasteiger partial charge in [-0.3, -0.25) is 9.59 Å². The van der Waals surface area contributed by atoms with Crippen LogP contribution in [0.3, 0.4) is 0 Å². The Morgan fingerprint density at radius 1 is 1.36 bits per heavy atom. The number of nitrogens with two attached hydrogens (primary N) is 1. The lowest BCUT2D eigenvalue weighted by atomic mass is 10.1. The zero-order valence-corrected chi connectivity index (χ0v) is 7.49. The number of rotatable bonds is 3. The van der Waals surface area contributed by atoms with E-state index in [4.69, 9.17) is 5.73 Å². The first-order valence-electron chi connectivity index (χ1n) is 3.97. The Bertz CT molecular complexity index is 385. The van der Waals surface area contributed by atoms with E-state index in [9.17, 15) is 9.59 Å². The van der Waals surface area contributed by atoms with E-state index >= 15 is 0 Å². The molecule has 72 valence electrons. The molecule has 2 amide bonds. The fourth-order valence-corrected chi connectivity index (χ4v) is 0.990. The Hall–Kier alpha value is -2.10. The zero-order chi connectivity index (χ0) is 10.6. The summed E-state index contributed by atoms with van der Waals surface area (Å²) < 4.78 is 0. The SMILES string of the molecule is C=CNC(=O)c1cccc(C(N)=O)c1. The van der Waals surface area contributed by atoms with Crippen molar-refractivity contribution in [2.75, 3.05) is 0 Å². The van der Waals surface area contributed by atoms with Gasteiger partial charge in [-0.2, -0.15) is 0 Å². The number of primary amides is 1. The minimum absolute atomic E-state index is 0.307. The van der Waals surface area contributed by atoms with Crippen LogP contribution in [0.15, 0.2) is 37.0 Å². The molecular weight excluding hydrogens is 180 g/mol. The molecule has 0 saturated carbocycles. The van der Waals surface area contributed by atoms with E-state index in [0.29, 0.717) is 11.1 Å². The van der Waals surface area contributed by atoms with Crippen molar-refractivity contribution in [3.05, 3.63) is 48.2 Å². The maximum atomic E-state index is 11.3. The fourth-order valence-electron chi connectivity index (χ4n) is 0.990. The molecule has 1 aromatic rings. The van der Waals surface area contributed by atoms with Crippen molar-refractivity contribution in [1.82, 2.24) is 5.32 Å². The minimum atomic E-state index is -0.557. The molecule has 0 atom stereocenters. The zero-order valence-electron chi connectivity index (χ0n) is 7.49. The molecule has 0 fully saturated rings. The maximum Gasteiger partial charge on any atom is 0.255 e. The summed E-state index contributed by atoms with van der Waals surface area (Å²) in [5, 5.41) is 2.40. The number of hydrogen-bond donors (Lipinski definition) is 2. The van der Waals surface area contributed by atoms with E-state index in [1.165, 1.54) is 12.3 Å². The van der Waals surface area contributed by atoms with Crippen molar-refractivity contribution in [2.45, 2.75) is 0 Å². The normalized spacial score (nSPS) is 9.14. The quantitative estimate of drug-likeness (QED) is 0.734. The van der Waals surface area contributed by atoms with Crippen LogP contribution in [0, 0.1) is 0 Å². The molecule has 0 aliphatic rings. The molecule has 0 saturated heterocycles. The second kappa shape index (κ2) is 4.23. The van der Waals surface area contributed by atoms with Crippen LogP contribution in [-0.4, -0.2) is 11.8 Å². The van der Waals surface area contributed by atoms with Crippen LogP contribution in [0.4, 0.5) is 0 Å². The number of nitrogens with one attached hydrogen (secondary N) is 1. The molecule has 0 radical (unpaired) electrons. The predicted octanol–water partition coefficient (Wildman–Crippen LogP) is 0.659. The Kier molecular flexibility index (Phi) is 3.01. The summed E-state index contributed by atoms with van der Waals surface area (Å²) in [5.74, 6) is -0.874. The number of hydrogen-bond acceptors (Lipinski definition) is 2. The van der Waals surface area contributed by atoms with Gasteiger partial charge in [0.15, 0.2) is 0 Å². The summed E-state index contributed by atoms with van der Waals surface area (Å²) in [4.78, 5) is 22.1. The molecule has 0 spiro atoms. The summed E-state index contributed by atoms with van der Waals surface area (Å²) in [7, 11) is 0. The van der Waals surface area contributed by atoms with Crippen LogP contribution in [0.5, 0.6) is 0 Å². The van der Waals surface area contributed by atoms with Crippen molar-refractivity contribution in [3.8, 4) is 0 Å². The molecule has 0 bridgehead atoms. The molecule has 14 heavy (non-hydrogen) atoms. The molecule has 0 unspecified atom stereocenters.